The van der Waals surface area contributed by atoms with E-state index in [-0.39, 0.29) is 5.60 Å². The van der Waals surface area contributed by atoms with Gasteiger partial charge >= 0.3 is 0 Å². The van der Waals surface area contributed by atoms with Gasteiger partial charge in [-0.05, 0) is 38.6 Å². The molecule has 2 rings (SSSR count). The van der Waals surface area contributed by atoms with Crippen molar-refractivity contribution < 1.29 is 4.74 Å². The molecular weight excluding hydrogens is 226 g/mol. The van der Waals surface area contributed by atoms with Crippen LogP contribution in [0.25, 0.3) is 0 Å². The van der Waals surface area contributed by atoms with Crippen molar-refractivity contribution in [3.8, 4) is 0 Å². The van der Waals surface area contributed by atoms with Gasteiger partial charge in [-0.15, -0.1) is 0 Å². The van der Waals surface area contributed by atoms with E-state index in [0.717, 1.165) is 24.9 Å². The Morgan fingerprint density at radius 2 is 2.11 bits per heavy atom. The molecule has 1 heterocycles. The Labute approximate surface area is 109 Å². The lowest BCUT2D eigenvalue weighted by Crippen LogP contribution is -2.43. The fourth-order valence-corrected chi connectivity index (χ4v) is 2.55. The fourth-order valence-electron chi connectivity index (χ4n) is 2.55. The van der Waals surface area contributed by atoms with Gasteiger partial charge in [-0.1, -0.05) is 6.92 Å². The third-order valence-electron chi connectivity index (χ3n) is 3.90. The highest BCUT2D eigenvalue weighted by molar-refractivity contribution is 5.11. The molecule has 0 radical (unpaired) electrons. The summed E-state index contributed by atoms with van der Waals surface area (Å²) in [5, 5.41) is 3.58. The highest BCUT2D eigenvalue weighted by Crippen LogP contribution is 2.41. The maximum atomic E-state index is 5.72. The van der Waals surface area contributed by atoms with Crippen molar-refractivity contribution in [2.24, 2.45) is 0 Å². The van der Waals surface area contributed by atoms with E-state index >= 15 is 0 Å². The summed E-state index contributed by atoms with van der Waals surface area (Å²) in [7, 11) is 1.83. The first kappa shape index (κ1) is 13.4. The average molecular weight is 249 g/mol. The Morgan fingerprint density at radius 3 is 2.61 bits per heavy atom. The molecule has 1 unspecified atom stereocenters. The van der Waals surface area contributed by atoms with E-state index in [2.05, 4.69) is 22.2 Å². The van der Waals surface area contributed by atoms with Crippen LogP contribution in [0.15, 0.2) is 18.7 Å². The standard InChI is InChI=1S/C14H23N3O/c1-3-7-17-13(12-9-15-11-16-10-12)8-14(18-2)5-4-6-14/h9-11,13,17H,3-8H2,1-2H3. The molecule has 18 heavy (non-hydrogen) atoms. The molecule has 0 aromatic carbocycles. The van der Waals surface area contributed by atoms with E-state index in [1.165, 1.54) is 19.3 Å². The molecule has 1 fully saturated rings. The second kappa shape index (κ2) is 6.25. The van der Waals surface area contributed by atoms with Gasteiger partial charge in [0.15, 0.2) is 0 Å². The number of rotatable bonds is 7. The van der Waals surface area contributed by atoms with E-state index in [1.54, 1.807) is 6.33 Å². The maximum absolute atomic E-state index is 5.72. The number of nitrogens with one attached hydrogen (secondary N) is 1. The van der Waals surface area contributed by atoms with Crippen LogP contribution in [0, 0.1) is 0 Å². The number of hydrogen-bond donors (Lipinski definition) is 1. The number of nitrogens with zero attached hydrogens (tertiary/aromatic N) is 2. The van der Waals surface area contributed by atoms with E-state index in [4.69, 9.17) is 4.74 Å². The smallest absolute Gasteiger partial charge is 0.115 e. The molecule has 0 saturated heterocycles. The predicted octanol–water partition coefficient (Wildman–Crippen LogP) is 2.48. The predicted molar refractivity (Wildman–Crippen MR) is 71.3 cm³/mol. The fraction of sp³-hybridized carbons (Fsp3) is 0.714. The summed E-state index contributed by atoms with van der Waals surface area (Å²) < 4.78 is 5.72. The minimum atomic E-state index is 0.0707. The number of ether oxygens (including phenoxy) is 1. The van der Waals surface area contributed by atoms with Gasteiger partial charge in [-0.25, -0.2) is 9.97 Å². The van der Waals surface area contributed by atoms with Gasteiger partial charge in [0, 0.05) is 31.1 Å². The molecule has 4 nitrogen and oxygen atoms in total. The summed E-state index contributed by atoms with van der Waals surface area (Å²) in [5.41, 5.74) is 1.23. The van der Waals surface area contributed by atoms with E-state index in [0.29, 0.717) is 6.04 Å². The molecule has 1 N–H and O–H groups in total. The lowest BCUT2D eigenvalue weighted by molar-refractivity contribution is -0.0838. The molecule has 0 bridgehead atoms. The first-order chi connectivity index (χ1) is 8.79. The lowest BCUT2D eigenvalue weighted by atomic mass is 9.75. The van der Waals surface area contributed by atoms with Crippen LogP contribution < -0.4 is 5.32 Å². The SMILES string of the molecule is CCCNC(CC1(OC)CCC1)c1cncnc1. The van der Waals surface area contributed by atoms with Crippen molar-refractivity contribution in [1.82, 2.24) is 15.3 Å². The van der Waals surface area contributed by atoms with Gasteiger partial charge in [0.05, 0.1) is 5.60 Å². The molecule has 0 amide bonds. The number of methoxy groups -OCH3 is 1. The van der Waals surface area contributed by atoms with Crippen LogP contribution in [0.4, 0.5) is 0 Å². The largest absolute Gasteiger partial charge is 0.378 e. The van der Waals surface area contributed by atoms with Crippen molar-refractivity contribution in [3.05, 3.63) is 24.3 Å². The molecule has 1 saturated carbocycles. The van der Waals surface area contributed by atoms with Gasteiger partial charge in [0.2, 0.25) is 0 Å². The summed E-state index contributed by atoms with van der Waals surface area (Å²) in [6.07, 6.45) is 11.1. The minimum absolute atomic E-state index is 0.0707. The van der Waals surface area contributed by atoms with Crippen molar-refractivity contribution in [2.45, 2.75) is 50.7 Å². The molecular formula is C14H23N3O. The Balaban J connectivity index is 2.05. The molecule has 1 aromatic rings. The van der Waals surface area contributed by atoms with E-state index in [9.17, 15) is 0 Å². The van der Waals surface area contributed by atoms with Crippen molar-refractivity contribution in [1.29, 1.82) is 0 Å². The Bertz CT molecular complexity index is 346. The minimum Gasteiger partial charge on any atom is -0.378 e. The van der Waals surface area contributed by atoms with Crippen LogP contribution in [0.1, 0.15) is 50.6 Å². The third-order valence-corrected chi connectivity index (χ3v) is 3.90. The quantitative estimate of drug-likeness (QED) is 0.806. The van der Waals surface area contributed by atoms with Crippen LogP contribution in [0.5, 0.6) is 0 Å². The Morgan fingerprint density at radius 1 is 1.39 bits per heavy atom. The normalized spacial score (nSPS) is 19.2. The van der Waals surface area contributed by atoms with Crippen LogP contribution in [-0.2, 0) is 4.74 Å². The molecule has 0 aliphatic heterocycles. The van der Waals surface area contributed by atoms with Crippen LogP contribution in [0.2, 0.25) is 0 Å². The second-order valence-corrected chi connectivity index (χ2v) is 5.12. The zero-order chi connectivity index (χ0) is 12.8. The maximum Gasteiger partial charge on any atom is 0.115 e. The number of aromatic nitrogens is 2. The van der Waals surface area contributed by atoms with Crippen LogP contribution in [0.3, 0.4) is 0 Å². The average Bonchev–Trinajstić information content (AvgIpc) is 2.38. The van der Waals surface area contributed by atoms with Gasteiger partial charge in [0.25, 0.3) is 0 Å². The van der Waals surface area contributed by atoms with Crippen molar-refractivity contribution in [3.63, 3.8) is 0 Å². The first-order valence-corrected chi connectivity index (χ1v) is 6.83. The molecule has 1 atom stereocenters. The van der Waals surface area contributed by atoms with Crippen LogP contribution >= 0.6 is 0 Å². The van der Waals surface area contributed by atoms with Gasteiger partial charge in [-0.3, -0.25) is 0 Å². The topological polar surface area (TPSA) is 47.0 Å². The summed E-state index contributed by atoms with van der Waals surface area (Å²) >= 11 is 0. The van der Waals surface area contributed by atoms with Crippen molar-refractivity contribution in [2.75, 3.05) is 13.7 Å². The molecule has 1 aromatic heterocycles. The summed E-state index contributed by atoms with van der Waals surface area (Å²) in [4.78, 5) is 8.24. The monoisotopic (exact) mass is 249 g/mol. The molecule has 4 heteroatoms. The lowest BCUT2D eigenvalue weighted by Gasteiger charge is -2.43. The number of hydrogen-bond acceptors (Lipinski definition) is 4. The first-order valence-electron chi connectivity index (χ1n) is 6.83. The molecule has 1 aliphatic rings. The van der Waals surface area contributed by atoms with Gasteiger partial charge < -0.3 is 10.1 Å². The molecule has 100 valence electrons. The van der Waals surface area contributed by atoms with Crippen molar-refractivity contribution >= 4 is 0 Å². The van der Waals surface area contributed by atoms with E-state index in [1.807, 2.05) is 19.5 Å². The highest BCUT2D eigenvalue weighted by atomic mass is 16.5. The van der Waals surface area contributed by atoms with Gasteiger partial charge in [-0.2, -0.15) is 0 Å². The van der Waals surface area contributed by atoms with Crippen LogP contribution in [-0.4, -0.2) is 29.2 Å². The van der Waals surface area contributed by atoms with E-state index < -0.39 is 0 Å². The highest BCUT2D eigenvalue weighted by Gasteiger charge is 2.39. The molecule has 0 spiro atoms. The summed E-state index contributed by atoms with van der Waals surface area (Å²) in [6, 6.07) is 0.298. The Hall–Kier alpha value is -1.00. The zero-order valence-electron chi connectivity index (χ0n) is 11.4. The second-order valence-electron chi connectivity index (χ2n) is 5.12. The summed E-state index contributed by atoms with van der Waals surface area (Å²) in [5.74, 6) is 0. The molecule has 1 aliphatic carbocycles. The van der Waals surface area contributed by atoms with Gasteiger partial charge in [0.1, 0.15) is 6.33 Å². The summed E-state index contributed by atoms with van der Waals surface area (Å²) in [6.45, 7) is 3.19. The Kier molecular flexibility index (Phi) is 4.66. The zero-order valence-corrected chi connectivity index (χ0v) is 11.4. The third kappa shape index (κ3) is 3.06.